The molecule has 0 saturated heterocycles. The number of rotatable bonds is 3. The quantitative estimate of drug-likeness (QED) is 0.799. The maximum absolute atomic E-state index is 14.7. The minimum atomic E-state index is -1.61. The van der Waals surface area contributed by atoms with Crippen molar-refractivity contribution in [1.82, 2.24) is 0 Å². The zero-order valence-corrected chi connectivity index (χ0v) is 15.7. The highest BCUT2D eigenvalue weighted by atomic mass is 19.2. The Bertz CT molecular complexity index is 913. The molecule has 2 aromatic rings. The van der Waals surface area contributed by atoms with Crippen LogP contribution in [0.1, 0.15) is 43.2 Å². The minimum absolute atomic E-state index is 0.00171. The van der Waals surface area contributed by atoms with Crippen LogP contribution in [-0.2, 0) is 10.2 Å². The fourth-order valence-electron chi connectivity index (χ4n) is 5.03. The van der Waals surface area contributed by atoms with E-state index in [1.54, 1.807) is 24.3 Å². The van der Waals surface area contributed by atoms with Crippen molar-refractivity contribution in [2.75, 3.05) is 11.9 Å². The van der Waals surface area contributed by atoms with Crippen molar-refractivity contribution in [3.05, 3.63) is 59.2 Å². The summed E-state index contributed by atoms with van der Waals surface area (Å²) in [5.74, 6) is -2.28. The second-order valence-electron chi connectivity index (χ2n) is 7.76. The van der Waals surface area contributed by atoms with Crippen LogP contribution in [0.25, 0.3) is 0 Å². The van der Waals surface area contributed by atoms with Gasteiger partial charge < -0.3 is 14.9 Å². The number of likely N-dealkylation sites (N-methyl/N-ethyl adjacent to an activating group) is 1. The van der Waals surface area contributed by atoms with Crippen LogP contribution in [0.15, 0.2) is 36.4 Å². The van der Waals surface area contributed by atoms with Gasteiger partial charge >= 0.3 is 7.12 Å². The number of nitrogens with zero attached hydrogens (tertiary/aromatic N) is 1. The average molecular weight is 385 g/mol. The van der Waals surface area contributed by atoms with E-state index in [0.717, 1.165) is 38.2 Å². The maximum Gasteiger partial charge on any atom is 0.488 e. The molecule has 4 nitrogen and oxygen atoms in total. The molecule has 1 saturated carbocycles. The average Bonchev–Trinajstić information content (AvgIpc) is 2.94. The topological polar surface area (TPSA) is 60.8 Å². The van der Waals surface area contributed by atoms with Crippen molar-refractivity contribution in [3.63, 3.8) is 0 Å². The molecule has 1 aliphatic heterocycles. The Morgan fingerprint density at radius 2 is 1.68 bits per heavy atom. The van der Waals surface area contributed by atoms with Gasteiger partial charge in [0, 0.05) is 7.05 Å². The lowest BCUT2D eigenvalue weighted by molar-refractivity contribution is -0.123. The molecule has 7 heteroatoms. The smallest absolute Gasteiger partial charge is 0.423 e. The first-order valence-electron chi connectivity index (χ1n) is 9.62. The van der Waals surface area contributed by atoms with Gasteiger partial charge in [-0.3, -0.25) is 4.79 Å². The van der Waals surface area contributed by atoms with Crippen molar-refractivity contribution in [2.45, 2.75) is 37.5 Å². The van der Waals surface area contributed by atoms with E-state index in [2.05, 4.69) is 0 Å². The summed E-state index contributed by atoms with van der Waals surface area (Å²) in [6, 6.07) is 9.14. The summed E-state index contributed by atoms with van der Waals surface area (Å²) in [6.45, 7) is 0. The van der Waals surface area contributed by atoms with Crippen LogP contribution in [0.2, 0.25) is 0 Å². The molecule has 1 aliphatic carbocycles. The van der Waals surface area contributed by atoms with Gasteiger partial charge in [0.25, 0.3) is 0 Å². The molecular formula is C21H22BF2NO3. The van der Waals surface area contributed by atoms with E-state index in [-0.39, 0.29) is 17.5 Å². The number of benzene rings is 2. The molecule has 1 fully saturated rings. The van der Waals surface area contributed by atoms with Crippen LogP contribution in [0.3, 0.4) is 0 Å². The number of carbonyl (C=O) groups excluding carboxylic acids is 1. The summed E-state index contributed by atoms with van der Waals surface area (Å²) < 4.78 is 28.6. The molecule has 0 radical (unpaired) electrons. The molecule has 2 N–H and O–H groups in total. The standard InChI is InChI=1S/C21H22BF2NO3/c1-25-19-16(11-12-17(23)18(19)24)21(20(25)26,13-5-3-2-4-6-13)14-7-9-15(10-8-14)22(27)28/h7-13,27-28H,2-6H2,1H3. The Hall–Kier alpha value is -2.25. The highest BCUT2D eigenvalue weighted by molar-refractivity contribution is 6.58. The van der Waals surface area contributed by atoms with Gasteiger partial charge in [-0.1, -0.05) is 49.6 Å². The van der Waals surface area contributed by atoms with E-state index in [9.17, 15) is 23.6 Å². The third kappa shape index (κ3) is 2.60. The van der Waals surface area contributed by atoms with Crippen molar-refractivity contribution in [1.29, 1.82) is 0 Å². The fraction of sp³-hybridized carbons (Fsp3) is 0.381. The third-order valence-corrected chi connectivity index (χ3v) is 6.35. The number of carbonyl (C=O) groups is 1. The largest absolute Gasteiger partial charge is 0.488 e. The number of hydrogen-bond donors (Lipinski definition) is 2. The summed E-state index contributed by atoms with van der Waals surface area (Å²) >= 11 is 0. The Morgan fingerprint density at radius 1 is 1.04 bits per heavy atom. The van der Waals surface area contributed by atoms with E-state index >= 15 is 0 Å². The monoisotopic (exact) mass is 385 g/mol. The molecule has 1 amide bonds. The van der Waals surface area contributed by atoms with E-state index in [1.807, 2.05) is 0 Å². The normalized spacial score (nSPS) is 22.5. The second kappa shape index (κ2) is 6.97. The van der Waals surface area contributed by atoms with Crippen LogP contribution < -0.4 is 10.4 Å². The lowest BCUT2D eigenvalue weighted by Crippen LogP contribution is -2.46. The molecule has 146 valence electrons. The van der Waals surface area contributed by atoms with Crippen LogP contribution >= 0.6 is 0 Å². The minimum Gasteiger partial charge on any atom is -0.423 e. The SMILES string of the molecule is CN1C(=O)C(c2ccc(B(O)O)cc2)(C2CCCCC2)c2ccc(F)c(F)c21. The van der Waals surface area contributed by atoms with Crippen molar-refractivity contribution >= 4 is 24.2 Å². The van der Waals surface area contributed by atoms with Crippen LogP contribution in [-0.4, -0.2) is 30.1 Å². The molecule has 28 heavy (non-hydrogen) atoms. The highest BCUT2D eigenvalue weighted by Gasteiger charge is 2.56. The van der Waals surface area contributed by atoms with Crippen LogP contribution in [0, 0.1) is 17.6 Å². The maximum atomic E-state index is 14.7. The zero-order valence-electron chi connectivity index (χ0n) is 15.7. The van der Waals surface area contributed by atoms with Gasteiger partial charge in [0.05, 0.1) is 5.69 Å². The zero-order chi connectivity index (χ0) is 20.1. The molecule has 2 aromatic carbocycles. The molecular weight excluding hydrogens is 363 g/mol. The predicted molar refractivity (Wildman–Crippen MR) is 103 cm³/mol. The van der Waals surface area contributed by atoms with Crippen LogP contribution in [0.5, 0.6) is 0 Å². The van der Waals surface area contributed by atoms with E-state index in [4.69, 9.17) is 0 Å². The Morgan fingerprint density at radius 3 is 2.29 bits per heavy atom. The van der Waals surface area contributed by atoms with E-state index in [1.165, 1.54) is 18.0 Å². The first kappa shape index (κ1) is 19.1. The van der Waals surface area contributed by atoms with Gasteiger partial charge in [0.15, 0.2) is 11.6 Å². The summed E-state index contributed by atoms with van der Waals surface area (Å²) in [5, 5.41) is 18.8. The van der Waals surface area contributed by atoms with E-state index in [0.29, 0.717) is 16.6 Å². The molecule has 0 aromatic heterocycles. The van der Waals surface area contributed by atoms with Gasteiger partial charge in [-0.2, -0.15) is 0 Å². The number of fused-ring (bicyclic) bond motifs is 1. The molecule has 1 heterocycles. The number of hydrogen-bond acceptors (Lipinski definition) is 3. The summed E-state index contributed by atoms with van der Waals surface area (Å²) in [4.78, 5) is 14.8. The van der Waals surface area contributed by atoms with Gasteiger partial charge in [-0.25, -0.2) is 8.78 Å². The first-order chi connectivity index (χ1) is 13.4. The molecule has 4 rings (SSSR count). The molecule has 1 atom stereocenters. The second-order valence-corrected chi connectivity index (χ2v) is 7.76. The number of halogens is 2. The first-order valence-corrected chi connectivity index (χ1v) is 9.62. The summed E-state index contributed by atoms with van der Waals surface area (Å²) in [6.07, 6.45) is 4.70. The highest BCUT2D eigenvalue weighted by Crippen LogP contribution is 2.54. The van der Waals surface area contributed by atoms with Crippen molar-refractivity contribution in [2.24, 2.45) is 5.92 Å². The van der Waals surface area contributed by atoms with Gasteiger partial charge in [0.1, 0.15) is 5.41 Å². The third-order valence-electron chi connectivity index (χ3n) is 6.35. The lowest BCUT2D eigenvalue weighted by Gasteiger charge is -2.39. The molecule has 1 unspecified atom stereocenters. The fourth-order valence-corrected chi connectivity index (χ4v) is 5.03. The molecule has 0 bridgehead atoms. The van der Waals surface area contributed by atoms with Crippen molar-refractivity contribution < 1.29 is 23.6 Å². The van der Waals surface area contributed by atoms with Gasteiger partial charge in [0.2, 0.25) is 5.91 Å². The Balaban J connectivity index is 1.97. The van der Waals surface area contributed by atoms with Gasteiger partial charge in [-0.15, -0.1) is 0 Å². The van der Waals surface area contributed by atoms with E-state index < -0.39 is 24.2 Å². The molecule has 2 aliphatic rings. The van der Waals surface area contributed by atoms with Gasteiger partial charge in [-0.05, 0) is 41.4 Å². The molecule has 0 spiro atoms. The number of amides is 1. The Kier molecular flexibility index (Phi) is 4.75. The summed E-state index contributed by atoms with van der Waals surface area (Å²) in [5.41, 5.74) is 0.375. The predicted octanol–water partition coefficient (Wildman–Crippen LogP) is 2.49. The van der Waals surface area contributed by atoms with Crippen molar-refractivity contribution in [3.8, 4) is 0 Å². The summed E-state index contributed by atoms with van der Waals surface area (Å²) in [7, 11) is -0.124. The number of anilines is 1. The lowest BCUT2D eigenvalue weighted by atomic mass is 9.61. The Labute approximate surface area is 162 Å². The van der Waals surface area contributed by atoms with Crippen LogP contribution in [0.4, 0.5) is 14.5 Å².